The van der Waals surface area contributed by atoms with E-state index in [4.69, 9.17) is 4.98 Å². The molecule has 21 heavy (non-hydrogen) atoms. The smallest absolute Gasteiger partial charge is 0.0948 e. The summed E-state index contributed by atoms with van der Waals surface area (Å²) in [6, 6.07) is 17.3. The Bertz CT molecular complexity index is 754. The Balaban J connectivity index is 1.70. The van der Waals surface area contributed by atoms with Gasteiger partial charge in [0.15, 0.2) is 0 Å². The van der Waals surface area contributed by atoms with E-state index in [2.05, 4.69) is 60.8 Å². The molecular weight excluding hydrogens is 276 g/mol. The number of fused-ring (bicyclic) bond motifs is 1. The summed E-state index contributed by atoms with van der Waals surface area (Å²) in [6.45, 7) is 4.26. The summed E-state index contributed by atoms with van der Waals surface area (Å²) in [5, 5.41) is 4.70. The summed E-state index contributed by atoms with van der Waals surface area (Å²) in [4.78, 5) is 4.82. The molecule has 3 heteroatoms. The lowest BCUT2D eigenvalue weighted by atomic mass is 9.72. The fourth-order valence-electron chi connectivity index (χ4n) is 3.12. The van der Waals surface area contributed by atoms with E-state index in [0.717, 1.165) is 25.0 Å². The maximum atomic E-state index is 4.82. The third-order valence-corrected chi connectivity index (χ3v) is 5.42. The van der Waals surface area contributed by atoms with E-state index in [1.807, 2.05) is 11.3 Å². The number of aryl methyl sites for hydroxylation is 1. The van der Waals surface area contributed by atoms with Gasteiger partial charge in [0.2, 0.25) is 0 Å². The molecule has 1 saturated heterocycles. The number of nitrogens with zero attached hydrogens (tertiary/aromatic N) is 1. The highest BCUT2D eigenvalue weighted by molar-refractivity contribution is 7.18. The Kier molecular flexibility index (Phi) is 3.05. The molecule has 0 bridgehead atoms. The second-order valence-electron chi connectivity index (χ2n) is 6.01. The molecule has 0 spiro atoms. The van der Waals surface area contributed by atoms with Crippen molar-refractivity contribution in [2.75, 3.05) is 13.1 Å². The van der Waals surface area contributed by atoms with Crippen molar-refractivity contribution in [2.45, 2.75) is 18.8 Å². The molecule has 2 nitrogen and oxygen atoms in total. The monoisotopic (exact) mass is 294 g/mol. The van der Waals surface area contributed by atoms with Gasteiger partial charge in [-0.25, -0.2) is 4.98 Å². The molecule has 4 rings (SSSR count). The van der Waals surface area contributed by atoms with Gasteiger partial charge in [-0.05, 0) is 24.6 Å². The molecule has 0 amide bonds. The fraction of sp³-hybridized carbons (Fsp3) is 0.278. The topological polar surface area (TPSA) is 24.9 Å². The lowest BCUT2D eigenvalue weighted by molar-refractivity contribution is 0.274. The van der Waals surface area contributed by atoms with E-state index < -0.39 is 0 Å². The van der Waals surface area contributed by atoms with Crippen LogP contribution >= 0.6 is 11.3 Å². The molecule has 2 heterocycles. The van der Waals surface area contributed by atoms with Gasteiger partial charge >= 0.3 is 0 Å². The van der Waals surface area contributed by atoms with E-state index in [1.165, 1.54) is 20.8 Å². The van der Waals surface area contributed by atoms with Crippen LogP contribution in [0.25, 0.3) is 10.2 Å². The second-order valence-corrected chi connectivity index (χ2v) is 7.12. The maximum absolute atomic E-state index is 4.82. The number of aromatic nitrogens is 1. The lowest BCUT2D eigenvalue weighted by Gasteiger charge is -2.43. The predicted octanol–water partition coefficient (Wildman–Crippen LogP) is 3.69. The van der Waals surface area contributed by atoms with Crippen molar-refractivity contribution in [2.24, 2.45) is 0 Å². The summed E-state index contributed by atoms with van der Waals surface area (Å²) in [7, 11) is 0. The van der Waals surface area contributed by atoms with Gasteiger partial charge in [0.05, 0.1) is 15.2 Å². The highest BCUT2D eigenvalue weighted by Crippen LogP contribution is 2.35. The van der Waals surface area contributed by atoms with Crippen molar-refractivity contribution in [3.05, 3.63) is 64.7 Å². The normalized spacial score (nSPS) is 16.8. The minimum absolute atomic E-state index is 0.222. The molecule has 1 fully saturated rings. The average Bonchev–Trinajstić information content (AvgIpc) is 2.85. The zero-order chi connectivity index (χ0) is 14.3. The summed E-state index contributed by atoms with van der Waals surface area (Å²) in [5.74, 6) is 0. The van der Waals surface area contributed by atoms with Crippen LogP contribution in [0.1, 0.15) is 16.1 Å². The molecule has 0 saturated carbocycles. The van der Waals surface area contributed by atoms with Crippen molar-refractivity contribution < 1.29 is 0 Å². The molecule has 3 aromatic rings. The number of hydrogen-bond acceptors (Lipinski definition) is 3. The molecule has 0 aliphatic carbocycles. The first-order valence-electron chi connectivity index (χ1n) is 7.38. The van der Waals surface area contributed by atoms with Crippen molar-refractivity contribution in [3.8, 4) is 0 Å². The number of para-hydroxylation sites is 1. The molecular formula is C18H18N2S. The lowest BCUT2D eigenvalue weighted by Crippen LogP contribution is -2.58. The third kappa shape index (κ3) is 2.27. The van der Waals surface area contributed by atoms with Crippen LogP contribution in [0.15, 0.2) is 48.5 Å². The van der Waals surface area contributed by atoms with Gasteiger partial charge in [-0.3, -0.25) is 0 Å². The summed E-state index contributed by atoms with van der Waals surface area (Å²) in [6.07, 6.45) is 1.03. The van der Waals surface area contributed by atoms with E-state index in [-0.39, 0.29) is 5.41 Å². The minimum Gasteiger partial charge on any atom is -0.315 e. The molecule has 1 aromatic heterocycles. The maximum Gasteiger partial charge on any atom is 0.0948 e. The number of hydrogen-bond donors (Lipinski definition) is 1. The Hall–Kier alpha value is -1.71. The third-order valence-electron chi connectivity index (χ3n) is 4.39. The van der Waals surface area contributed by atoms with Gasteiger partial charge in [0.1, 0.15) is 0 Å². The van der Waals surface area contributed by atoms with E-state index >= 15 is 0 Å². The standard InChI is InChI=1S/C18H18N2S/c1-13-5-4-6-14(9-13)18(11-19-12-18)10-17-20-15-7-2-3-8-16(15)21-17/h2-9,19H,10-12H2,1H3. The second kappa shape index (κ2) is 4.93. The summed E-state index contributed by atoms with van der Waals surface area (Å²) >= 11 is 1.83. The first-order chi connectivity index (χ1) is 10.3. The van der Waals surface area contributed by atoms with E-state index in [1.54, 1.807) is 0 Å². The van der Waals surface area contributed by atoms with Crippen molar-refractivity contribution in [1.82, 2.24) is 10.3 Å². The van der Waals surface area contributed by atoms with Crippen LogP contribution in [-0.4, -0.2) is 18.1 Å². The van der Waals surface area contributed by atoms with Crippen LogP contribution in [-0.2, 0) is 11.8 Å². The molecule has 1 aliphatic heterocycles. The van der Waals surface area contributed by atoms with Crippen molar-refractivity contribution in [3.63, 3.8) is 0 Å². The zero-order valence-corrected chi connectivity index (χ0v) is 12.9. The molecule has 106 valence electrons. The number of nitrogens with one attached hydrogen (secondary N) is 1. The van der Waals surface area contributed by atoms with Crippen LogP contribution in [0.4, 0.5) is 0 Å². The number of thiazole rings is 1. The van der Waals surface area contributed by atoms with Crippen molar-refractivity contribution >= 4 is 21.6 Å². The Morgan fingerprint density at radius 3 is 2.71 bits per heavy atom. The number of rotatable bonds is 3. The largest absolute Gasteiger partial charge is 0.315 e. The summed E-state index contributed by atoms with van der Waals surface area (Å²) < 4.78 is 1.29. The first kappa shape index (κ1) is 13.0. The Morgan fingerprint density at radius 2 is 2.00 bits per heavy atom. The average molecular weight is 294 g/mol. The van der Waals surface area contributed by atoms with Gasteiger partial charge < -0.3 is 5.32 Å². The molecule has 2 aromatic carbocycles. The van der Waals surface area contributed by atoms with E-state index in [0.29, 0.717) is 0 Å². The minimum atomic E-state index is 0.222. The summed E-state index contributed by atoms with van der Waals surface area (Å²) in [5.41, 5.74) is 4.13. The van der Waals surface area contributed by atoms with E-state index in [9.17, 15) is 0 Å². The number of benzene rings is 2. The van der Waals surface area contributed by atoms with Crippen LogP contribution in [0.5, 0.6) is 0 Å². The molecule has 0 radical (unpaired) electrons. The first-order valence-corrected chi connectivity index (χ1v) is 8.19. The van der Waals surface area contributed by atoms with Gasteiger partial charge in [0.25, 0.3) is 0 Å². The SMILES string of the molecule is Cc1cccc(C2(Cc3nc4ccccc4s3)CNC2)c1. The molecule has 1 aliphatic rings. The van der Waals surface area contributed by atoms with Crippen molar-refractivity contribution in [1.29, 1.82) is 0 Å². The zero-order valence-electron chi connectivity index (χ0n) is 12.1. The predicted molar refractivity (Wildman–Crippen MR) is 89.1 cm³/mol. The van der Waals surface area contributed by atoms with Gasteiger partial charge in [-0.1, -0.05) is 42.0 Å². The highest BCUT2D eigenvalue weighted by atomic mass is 32.1. The Morgan fingerprint density at radius 1 is 1.14 bits per heavy atom. The fourth-order valence-corrected chi connectivity index (χ4v) is 4.23. The molecule has 0 atom stereocenters. The van der Waals surface area contributed by atoms with Crippen LogP contribution < -0.4 is 5.32 Å². The quantitative estimate of drug-likeness (QED) is 0.797. The highest BCUT2D eigenvalue weighted by Gasteiger charge is 2.39. The van der Waals surface area contributed by atoms with Crippen LogP contribution in [0.2, 0.25) is 0 Å². The van der Waals surface area contributed by atoms with Gasteiger partial charge in [-0.2, -0.15) is 0 Å². The van der Waals surface area contributed by atoms with Crippen LogP contribution in [0, 0.1) is 6.92 Å². The van der Waals surface area contributed by atoms with Gasteiger partial charge in [0, 0.05) is 24.9 Å². The molecule has 0 unspecified atom stereocenters. The van der Waals surface area contributed by atoms with Crippen LogP contribution in [0.3, 0.4) is 0 Å². The Labute approximate surface area is 128 Å². The molecule has 1 N–H and O–H groups in total. The van der Waals surface area contributed by atoms with Gasteiger partial charge in [-0.15, -0.1) is 11.3 Å².